The summed E-state index contributed by atoms with van der Waals surface area (Å²) in [6.07, 6.45) is 4.37. The molecule has 0 unspecified atom stereocenters. The lowest BCUT2D eigenvalue weighted by Gasteiger charge is -2.39. The number of hydrogen-bond acceptors (Lipinski definition) is 8. The van der Waals surface area contributed by atoms with Crippen LogP contribution in [-0.2, 0) is 6.54 Å². The van der Waals surface area contributed by atoms with E-state index in [1.165, 1.54) is 12.8 Å². The van der Waals surface area contributed by atoms with Gasteiger partial charge in [0.2, 0.25) is 5.95 Å². The smallest absolute Gasteiger partial charge is 0.229 e. The number of anilines is 5. The first-order chi connectivity index (χ1) is 16.1. The number of para-hydroxylation sites is 2. The molecule has 2 aromatic carbocycles. The molecule has 0 amide bonds. The van der Waals surface area contributed by atoms with Crippen molar-refractivity contribution in [3.05, 3.63) is 53.2 Å². The van der Waals surface area contributed by atoms with Crippen molar-refractivity contribution in [1.82, 2.24) is 9.97 Å². The highest BCUT2D eigenvalue weighted by Crippen LogP contribution is 2.42. The summed E-state index contributed by atoms with van der Waals surface area (Å²) in [6.45, 7) is 2.22. The monoisotopic (exact) mass is 466 g/mol. The molecule has 5 rings (SSSR count). The maximum absolute atomic E-state index is 6.70. The summed E-state index contributed by atoms with van der Waals surface area (Å²) in [5.41, 5.74) is 9.42. The van der Waals surface area contributed by atoms with Gasteiger partial charge in [0.05, 0.1) is 38.0 Å². The predicted octanol–water partition coefficient (Wildman–Crippen LogP) is 4.67. The lowest BCUT2D eigenvalue weighted by atomic mass is 10.1. The van der Waals surface area contributed by atoms with Gasteiger partial charge in [0, 0.05) is 37.0 Å². The third-order valence-corrected chi connectivity index (χ3v) is 6.40. The second-order valence-electron chi connectivity index (χ2n) is 8.42. The molecule has 3 aromatic rings. The van der Waals surface area contributed by atoms with Crippen molar-refractivity contribution in [2.45, 2.75) is 19.4 Å². The largest absolute Gasteiger partial charge is 0.497 e. The molecule has 8 nitrogen and oxygen atoms in total. The van der Waals surface area contributed by atoms with Gasteiger partial charge in [-0.15, -0.1) is 0 Å². The molecule has 1 aliphatic carbocycles. The number of nitrogens with one attached hydrogen (secondary N) is 1. The minimum absolute atomic E-state index is 0.530. The predicted molar refractivity (Wildman–Crippen MR) is 132 cm³/mol. The summed E-state index contributed by atoms with van der Waals surface area (Å²) in [6, 6.07) is 11.3. The number of rotatable bonds is 7. The topological polar surface area (TPSA) is 88.8 Å². The fourth-order valence-corrected chi connectivity index (χ4v) is 4.38. The lowest BCUT2D eigenvalue weighted by Crippen LogP contribution is -2.44. The van der Waals surface area contributed by atoms with Crippen LogP contribution in [0, 0.1) is 5.92 Å². The Bertz CT molecular complexity index is 1170. The summed E-state index contributed by atoms with van der Waals surface area (Å²) in [7, 11) is 3.25. The highest BCUT2D eigenvalue weighted by molar-refractivity contribution is 6.34. The van der Waals surface area contributed by atoms with Crippen LogP contribution in [0.25, 0.3) is 0 Å². The third-order valence-electron chi connectivity index (χ3n) is 6.02. The van der Waals surface area contributed by atoms with Gasteiger partial charge in [-0.3, -0.25) is 0 Å². The molecule has 1 aliphatic heterocycles. The van der Waals surface area contributed by atoms with Crippen LogP contribution in [0.3, 0.4) is 0 Å². The molecule has 0 atom stereocenters. The second kappa shape index (κ2) is 8.86. The van der Waals surface area contributed by atoms with Gasteiger partial charge in [-0.2, -0.15) is 4.98 Å². The van der Waals surface area contributed by atoms with E-state index < -0.39 is 0 Å². The number of aromatic nitrogens is 2. The Morgan fingerprint density at radius 1 is 1.18 bits per heavy atom. The van der Waals surface area contributed by atoms with E-state index in [1.54, 1.807) is 20.3 Å². The first kappa shape index (κ1) is 21.5. The fraction of sp³-hybridized carbons (Fsp3) is 0.333. The van der Waals surface area contributed by atoms with Gasteiger partial charge in [-0.25, -0.2) is 4.98 Å². The molecular formula is C24H27ClN6O2. The average Bonchev–Trinajstić information content (AvgIpc) is 3.65. The minimum atomic E-state index is 0.530. The quantitative estimate of drug-likeness (QED) is 0.486. The molecule has 2 heterocycles. The molecule has 3 N–H and O–H groups in total. The molecule has 172 valence electrons. The summed E-state index contributed by atoms with van der Waals surface area (Å²) >= 11 is 6.70. The summed E-state index contributed by atoms with van der Waals surface area (Å²) in [4.78, 5) is 13.9. The molecule has 2 aliphatic rings. The van der Waals surface area contributed by atoms with E-state index >= 15 is 0 Å². The number of fused-ring (bicyclic) bond motifs is 1. The van der Waals surface area contributed by atoms with E-state index in [1.807, 2.05) is 36.5 Å². The molecular weight excluding hydrogens is 440 g/mol. The van der Waals surface area contributed by atoms with Crippen LogP contribution in [0.5, 0.6) is 11.5 Å². The zero-order valence-corrected chi connectivity index (χ0v) is 19.5. The van der Waals surface area contributed by atoms with Crippen molar-refractivity contribution in [3.8, 4) is 11.5 Å². The van der Waals surface area contributed by atoms with Gasteiger partial charge < -0.3 is 30.3 Å². The Morgan fingerprint density at radius 2 is 2.00 bits per heavy atom. The van der Waals surface area contributed by atoms with Crippen LogP contribution in [0.15, 0.2) is 42.6 Å². The van der Waals surface area contributed by atoms with E-state index in [4.69, 9.17) is 31.8 Å². The second-order valence-corrected chi connectivity index (χ2v) is 8.80. The number of nitrogens with zero attached hydrogens (tertiary/aromatic N) is 4. The highest BCUT2D eigenvalue weighted by atomic mass is 35.5. The minimum Gasteiger partial charge on any atom is -0.497 e. The number of halogens is 1. The average molecular weight is 467 g/mol. The molecule has 1 fully saturated rings. The summed E-state index contributed by atoms with van der Waals surface area (Å²) in [5.74, 6) is 3.44. The number of ether oxygens (including phenoxy) is 2. The van der Waals surface area contributed by atoms with Crippen LogP contribution in [0.2, 0.25) is 5.02 Å². The summed E-state index contributed by atoms with van der Waals surface area (Å²) < 4.78 is 11.0. The first-order valence-corrected chi connectivity index (χ1v) is 11.3. The molecule has 33 heavy (non-hydrogen) atoms. The van der Waals surface area contributed by atoms with Gasteiger partial charge >= 0.3 is 0 Å². The number of nitrogens with two attached hydrogens (primary N) is 1. The maximum atomic E-state index is 6.70. The van der Waals surface area contributed by atoms with Gasteiger partial charge in [0.1, 0.15) is 22.3 Å². The Hall–Kier alpha value is -3.39. The Labute approximate surface area is 198 Å². The molecule has 1 aromatic heterocycles. The Kier molecular flexibility index (Phi) is 5.76. The van der Waals surface area contributed by atoms with E-state index in [9.17, 15) is 0 Å². The Balaban J connectivity index is 1.48. The number of nitrogen functional groups attached to an aromatic ring is 1. The van der Waals surface area contributed by atoms with Gasteiger partial charge in [-0.05, 0) is 30.9 Å². The Morgan fingerprint density at radius 3 is 2.73 bits per heavy atom. The highest BCUT2D eigenvalue weighted by Gasteiger charge is 2.32. The third kappa shape index (κ3) is 4.43. The number of methoxy groups -OCH3 is 2. The van der Waals surface area contributed by atoms with Crippen LogP contribution >= 0.6 is 11.6 Å². The van der Waals surface area contributed by atoms with E-state index in [0.29, 0.717) is 47.3 Å². The van der Waals surface area contributed by atoms with Gasteiger partial charge in [0.25, 0.3) is 0 Å². The van der Waals surface area contributed by atoms with E-state index in [0.717, 1.165) is 29.3 Å². The number of benzene rings is 2. The van der Waals surface area contributed by atoms with Crippen molar-refractivity contribution >= 4 is 40.4 Å². The lowest BCUT2D eigenvalue weighted by molar-refractivity contribution is 0.394. The van der Waals surface area contributed by atoms with Gasteiger partial charge in [0.15, 0.2) is 0 Å². The van der Waals surface area contributed by atoms with Crippen molar-refractivity contribution < 1.29 is 9.47 Å². The van der Waals surface area contributed by atoms with Crippen LogP contribution in [0.4, 0.5) is 28.8 Å². The molecule has 0 spiro atoms. The van der Waals surface area contributed by atoms with Crippen LogP contribution < -0.4 is 30.3 Å². The fourth-order valence-electron chi connectivity index (χ4n) is 4.08. The summed E-state index contributed by atoms with van der Waals surface area (Å²) in [5, 5.41) is 3.81. The molecule has 0 bridgehead atoms. The number of hydrogen-bond donors (Lipinski definition) is 2. The van der Waals surface area contributed by atoms with E-state index in [2.05, 4.69) is 20.1 Å². The maximum Gasteiger partial charge on any atom is 0.229 e. The molecule has 0 saturated heterocycles. The molecule has 1 saturated carbocycles. The van der Waals surface area contributed by atoms with Crippen LogP contribution in [-0.4, -0.2) is 37.4 Å². The van der Waals surface area contributed by atoms with E-state index in [-0.39, 0.29) is 0 Å². The van der Waals surface area contributed by atoms with Crippen molar-refractivity contribution in [1.29, 1.82) is 0 Å². The van der Waals surface area contributed by atoms with Gasteiger partial charge in [-0.1, -0.05) is 23.7 Å². The standard InChI is InChI=1S/C24H27ClN6O2/c1-32-17-9-20(22(25)21(10-17)33-2)30-13-16-11-27-24(28-19-6-4-3-5-18(19)26)29-23(16)31(14-30)12-15-7-8-15/h3-6,9-11,15H,7-8,12-14,26H2,1-2H3,(H,27,28,29). The van der Waals surface area contributed by atoms with Crippen LogP contribution in [0.1, 0.15) is 18.4 Å². The first-order valence-electron chi connectivity index (χ1n) is 10.9. The van der Waals surface area contributed by atoms with Crippen molar-refractivity contribution in [2.75, 3.05) is 48.3 Å². The molecule has 9 heteroatoms. The zero-order valence-electron chi connectivity index (χ0n) is 18.7. The zero-order chi connectivity index (χ0) is 22.9. The molecule has 0 radical (unpaired) electrons. The normalized spacial score (nSPS) is 15.2. The SMILES string of the molecule is COc1cc(OC)c(Cl)c(N2Cc3cnc(Nc4ccccc4N)nc3N(CC3CC3)C2)c1. The van der Waals surface area contributed by atoms with Crippen molar-refractivity contribution in [3.63, 3.8) is 0 Å². The van der Waals surface area contributed by atoms with Crippen molar-refractivity contribution in [2.24, 2.45) is 5.92 Å².